The Morgan fingerprint density at radius 3 is 2.55 bits per heavy atom. The number of carbonyl (C=O) groups excluding carboxylic acids is 1. The highest BCUT2D eigenvalue weighted by Gasteiger charge is 2.34. The summed E-state index contributed by atoms with van der Waals surface area (Å²) in [7, 11) is 0. The van der Waals surface area contributed by atoms with Gasteiger partial charge >= 0.3 is 6.18 Å². The number of benzene rings is 1. The van der Waals surface area contributed by atoms with Crippen LogP contribution in [0.2, 0.25) is 0 Å². The van der Waals surface area contributed by atoms with Crippen LogP contribution in [0.1, 0.15) is 35.7 Å². The fourth-order valence-electron chi connectivity index (χ4n) is 1.87. The zero-order valence-electron chi connectivity index (χ0n) is 11.1. The molecule has 0 spiro atoms. The molecular weight excluding hydrogens is 335 g/mol. The van der Waals surface area contributed by atoms with Crippen molar-refractivity contribution in [3.8, 4) is 0 Å². The molecule has 0 aliphatic carbocycles. The van der Waals surface area contributed by atoms with Crippen molar-refractivity contribution in [1.29, 1.82) is 0 Å². The second-order valence-corrected chi connectivity index (χ2v) is 5.30. The number of alkyl halides is 4. The first-order valence-electron chi connectivity index (χ1n) is 6.40. The predicted molar refractivity (Wildman–Crippen MR) is 76.0 cm³/mol. The monoisotopic (exact) mass is 351 g/mol. The average molecular weight is 352 g/mol. The van der Waals surface area contributed by atoms with E-state index in [1.165, 1.54) is 18.2 Å². The molecule has 0 bridgehead atoms. The summed E-state index contributed by atoms with van der Waals surface area (Å²) >= 11 is 3.32. The Morgan fingerprint density at radius 2 is 2.00 bits per heavy atom. The Balaban J connectivity index is 2.78. The Labute approximate surface area is 124 Å². The van der Waals surface area contributed by atoms with E-state index in [2.05, 4.69) is 21.2 Å². The number of hydrogen-bond donors (Lipinski definition) is 1. The average Bonchev–Trinajstić information content (AvgIpc) is 2.42. The van der Waals surface area contributed by atoms with Crippen molar-refractivity contribution in [3.05, 3.63) is 35.4 Å². The van der Waals surface area contributed by atoms with E-state index in [4.69, 9.17) is 0 Å². The number of rotatable bonds is 6. The molecule has 1 unspecified atom stereocenters. The van der Waals surface area contributed by atoms with Gasteiger partial charge in [0, 0.05) is 11.9 Å². The Hall–Kier alpha value is -1.04. The lowest BCUT2D eigenvalue weighted by atomic mass is 10.0. The van der Waals surface area contributed by atoms with E-state index in [0.29, 0.717) is 6.54 Å². The molecule has 1 atom stereocenters. The van der Waals surface area contributed by atoms with E-state index in [1.54, 1.807) is 0 Å². The Bertz CT molecular complexity index is 448. The van der Waals surface area contributed by atoms with Crippen molar-refractivity contribution in [1.82, 2.24) is 5.32 Å². The summed E-state index contributed by atoms with van der Waals surface area (Å²) in [5, 5.41) is 3.39. The highest BCUT2D eigenvalue weighted by atomic mass is 79.9. The van der Waals surface area contributed by atoms with Crippen LogP contribution < -0.4 is 5.32 Å². The van der Waals surface area contributed by atoms with Crippen LogP contribution in [0.15, 0.2) is 24.3 Å². The lowest BCUT2D eigenvalue weighted by molar-refractivity contribution is -0.137. The summed E-state index contributed by atoms with van der Waals surface area (Å²) in [5.74, 6) is -0.415. The van der Waals surface area contributed by atoms with E-state index in [9.17, 15) is 18.0 Å². The molecule has 20 heavy (non-hydrogen) atoms. The molecule has 1 aromatic rings. The summed E-state index contributed by atoms with van der Waals surface area (Å²) < 4.78 is 38.4. The zero-order chi connectivity index (χ0) is 15.2. The van der Waals surface area contributed by atoms with E-state index in [0.717, 1.165) is 24.2 Å². The molecule has 1 rings (SSSR count). The van der Waals surface area contributed by atoms with Gasteiger partial charge in [-0.1, -0.05) is 41.4 Å². The third-order valence-corrected chi connectivity index (χ3v) is 3.58. The molecule has 0 aromatic heterocycles. The van der Waals surface area contributed by atoms with Gasteiger partial charge in [0.25, 0.3) is 5.91 Å². The van der Waals surface area contributed by atoms with Gasteiger partial charge in [-0.15, -0.1) is 0 Å². The van der Waals surface area contributed by atoms with Crippen LogP contribution in [-0.2, 0) is 6.18 Å². The Kier molecular flexibility index (Phi) is 6.52. The van der Waals surface area contributed by atoms with E-state index in [-0.39, 0.29) is 11.5 Å². The van der Waals surface area contributed by atoms with Gasteiger partial charge in [0.2, 0.25) is 0 Å². The van der Waals surface area contributed by atoms with Crippen LogP contribution in [0.4, 0.5) is 13.2 Å². The van der Waals surface area contributed by atoms with Gasteiger partial charge in [-0.05, 0) is 24.5 Å². The number of halogens is 4. The summed E-state index contributed by atoms with van der Waals surface area (Å²) in [6, 6.07) is 4.83. The molecule has 1 aromatic carbocycles. The third-order valence-electron chi connectivity index (χ3n) is 3.12. The molecule has 6 heteroatoms. The Morgan fingerprint density at radius 1 is 1.35 bits per heavy atom. The molecule has 0 aliphatic rings. The third kappa shape index (κ3) is 4.81. The quantitative estimate of drug-likeness (QED) is 0.762. The fraction of sp³-hybridized carbons (Fsp3) is 0.500. The van der Waals surface area contributed by atoms with E-state index in [1.807, 2.05) is 6.92 Å². The number of amides is 1. The second-order valence-electron chi connectivity index (χ2n) is 4.51. The smallest absolute Gasteiger partial charge is 0.352 e. The maximum Gasteiger partial charge on any atom is 0.417 e. The van der Waals surface area contributed by atoms with E-state index >= 15 is 0 Å². The van der Waals surface area contributed by atoms with Crippen LogP contribution >= 0.6 is 15.9 Å². The lowest BCUT2D eigenvalue weighted by Gasteiger charge is -2.16. The van der Waals surface area contributed by atoms with Crippen LogP contribution in [-0.4, -0.2) is 17.8 Å². The fourth-order valence-corrected chi connectivity index (χ4v) is 2.51. The summed E-state index contributed by atoms with van der Waals surface area (Å²) in [6.07, 6.45) is -2.78. The first kappa shape index (κ1) is 17.0. The molecule has 0 aliphatic heterocycles. The number of hydrogen-bond acceptors (Lipinski definition) is 1. The van der Waals surface area contributed by atoms with Gasteiger partial charge in [-0.25, -0.2) is 0 Å². The highest BCUT2D eigenvalue weighted by molar-refractivity contribution is 9.09. The predicted octanol–water partition coefficient (Wildman–Crippen LogP) is 4.25. The molecule has 1 amide bonds. The molecule has 0 saturated heterocycles. The normalized spacial score (nSPS) is 13.1. The van der Waals surface area contributed by atoms with Gasteiger partial charge in [0.15, 0.2) is 0 Å². The van der Waals surface area contributed by atoms with Crippen molar-refractivity contribution in [2.24, 2.45) is 5.92 Å². The number of carbonyl (C=O) groups is 1. The minimum absolute atomic E-state index is 0.261. The van der Waals surface area contributed by atoms with Crippen molar-refractivity contribution in [2.75, 3.05) is 11.9 Å². The van der Waals surface area contributed by atoms with Crippen LogP contribution in [0, 0.1) is 5.92 Å². The van der Waals surface area contributed by atoms with Crippen LogP contribution in [0.3, 0.4) is 0 Å². The minimum Gasteiger partial charge on any atom is -0.352 e. The van der Waals surface area contributed by atoms with Gasteiger partial charge < -0.3 is 5.32 Å². The van der Waals surface area contributed by atoms with Crippen molar-refractivity contribution >= 4 is 21.8 Å². The summed E-state index contributed by atoms with van der Waals surface area (Å²) in [4.78, 5) is 11.9. The van der Waals surface area contributed by atoms with Crippen LogP contribution in [0.5, 0.6) is 0 Å². The van der Waals surface area contributed by atoms with Crippen molar-refractivity contribution in [3.63, 3.8) is 0 Å². The minimum atomic E-state index is -4.52. The van der Waals surface area contributed by atoms with Crippen molar-refractivity contribution < 1.29 is 18.0 Å². The summed E-state index contributed by atoms with van der Waals surface area (Å²) in [6.45, 7) is 2.37. The summed E-state index contributed by atoms with van der Waals surface area (Å²) in [5.41, 5.74) is -1.22. The van der Waals surface area contributed by atoms with Crippen molar-refractivity contribution in [2.45, 2.75) is 25.9 Å². The second kappa shape index (κ2) is 7.67. The van der Waals surface area contributed by atoms with E-state index < -0.39 is 17.6 Å². The molecular formula is C14H17BrF3NO. The maximum atomic E-state index is 12.8. The standard InChI is InChI=1S/C14H17BrF3NO/c1-2-10(7-8-15)9-19-13(20)11-5-3-4-6-12(11)14(16,17)18/h3-6,10H,2,7-9H2,1H3,(H,19,20). The van der Waals surface area contributed by atoms with Gasteiger partial charge in [-0.2, -0.15) is 13.2 Å². The SMILES string of the molecule is CCC(CCBr)CNC(=O)c1ccccc1C(F)(F)F. The van der Waals surface area contributed by atoms with Gasteiger partial charge in [0.05, 0.1) is 11.1 Å². The topological polar surface area (TPSA) is 29.1 Å². The van der Waals surface area contributed by atoms with Crippen LogP contribution in [0.25, 0.3) is 0 Å². The van der Waals surface area contributed by atoms with Gasteiger partial charge in [-0.3, -0.25) is 4.79 Å². The molecule has 0 fully saturated rings. The molecule has 0 radical (unpaired) electrons. The van der Waals surface area contributed by atoms with Gasteiger partial charge in [0.1, 0.15) is 0 Å². The maximum absolute atomic E-state index is 12.8. The molecule has 1 N–H and O–H groups in total. The zero-order valence-corrected chi connectivity index (χ0v) is 12.7. The first-order valence-corrected chi connectivity index (χ1v) is 7.52. The highest BCUT2D eigenvalue weighted by Crippen LogP contribution is 2.31. The molecule has 0 saturated carbocycles. The molecule has 2 nitrogen and oxygen atoms in total. The molecule has 0 heterocycles. The lowest BCUT2D eigenvalue weighted by Crippen LogP contribution is -2.31. The molecule has 112 valence electrons. The first-order chi connectivity index (χ1) is 9.40. The number of nitrogens with one attached hydrogen (secondary N) is 1. The largest absolute Gasteiger partial charge is 0.417 e.